The number of aromatic amines is 1. The lowest BCUT2D eigenvalue weighted by Gasteiger charge is -2.49. The quantitative estimate of drug-likeness (QED) is 0.184. The number of benzene rings is 9. The summed E-state index contributed by atoms with van der Waals surface area (Å²) >= 11 is 0. The van der Waals surface area contributed by atoms with Gasteiger partial charge in [-0.1, -0.05) is 175 Å². The third-order valence-corrected chi connectivity index (χ3v) is 12.1. The molecule has 1 aromatic heterocycles. The Balaban J connectivity index is 1.19. The summed E-state index contributed by atoms with van der Waals surface area (Å²) in [6.45, 7) is 0. The van der Waals surface area contributed by atoms with Gasteiger partial charge in [0.05, 0.1) is 16.6 Å². The third kappa shape index (κ3) is 3.86. The zero-order valence-electron chi connectivity index (χ0n) is 29.4. The van der Waals surface area contributed by atoms with Crippen LogP contribution in [0.3, 0.4) is 0 Å². The van der Waals surface area contributed by atoms with Crippen LogP contribution >= 0.6 is 0 Å². The lowest BCUT2D eigenvalue weighted by molar-refractivity contribution is 0.732. The van der Waals surface area contributed by atoms with Crippen LogP contribution in [-0.4, -0.2) is 12.3 Å². The van der Waals surface area contributed by atoms with Crippen LogP contribution in [0.25, 0.3) is 54.5 Å². The molecule has 0 aliphatic carbocycles. The minimum absolute atomic E-state index is 0.509. The first-order valence-corrected chi connectivity index (χ1v) is 18.8. The number of fused-ring (bicyclic) bond motifs is 10. The van der Waals surface area contributed by atoms with E-state index in [0.29, 0.717) is 0 Å². The van der Waals surface area contributed by atoms with Crippen molar-refractivity contribution in [3.63, 3.8) is 0 Å². The van der Waals surface area contributed by atoms with Crippen molar-refractivity contribution >= 4 is 78.6 Å². The molecule has 2 nitrogen and oxygen atoms in total. The van der Waals surface area contributed by atoms with E-state index in [1.165, 1.54) is 99.2 Å². The number of aromatic nitrogens is 1. The number of H-pyrrole nitrogens is 1. The number of para-hydroxylation sites is 3. The lowest BCUT2D eigenvalue weighted by Crippen LogP contribution is -2.47. The molecule has 0 atom stereocenters. The molecular formula is C51H32BN2. The molecule has 0 amide bonds. The van der Waals surface area contributed by atoms with Crippen LogP contribution in [0.4, 0.5) is 17.1 Å². The second-order valence-corrected chi connectivity index (χ2v) is 14.7. The molecule has 3 heteroatoms. The van der Waals surface area contributed by atoms with Crippen molar-refractivity contribution in [2.75, 3.05) is 4.90 Å². The van der Waals surface area contributed by atoms with Gasteiger partial charge in [-0.15, -0.1) is 0 Å². The maximum Gasteiger partial charge on any atom is 0.197 e. The number of hydrogen-bond acceptors (Lipinski definition) is 1. The smallest absolute Gasteiger partial charge is 0.197 e. The minimum atomic E-state index is -0.509. The van der Waals surface area contributed by atoms with Crippen LogP contribution in [0.1, 0.15) is 22.3 Å². The molecule has 9 aromatic carbocycles. The molecule has 54 heavy (non-hydrogen) atoms. The summed E-state index contributed by atoms with van der Waals surface area (Å²) in [7, 11) is 2.46. The fraction of sp³-hybridized carbons (Fsp3) is 0.0196. The van der Waals surface area contributed by atoms with Crippen LogP contribution in [0.2, 0.25) is 0 Å². The molecule has 10 aromatic rings. The van der Waals surface area contributed by atoms with Crippen molar-refractivity contribution in [1.29, 1.82) is 0 Å². The molecule has 0 fully saturated rings. The summed E-state index contributed by atoms with van der Waals surface area (Å²) in [5.74, 6) is 0. The van der Waals surface area contributed by atoms with Gasteiger partial charge in [0.15, 0.2) is 7.28 Å². The molecule has 3 heterocycles. The summed E-state index contributed by atoms with van der Waals surface area (Å²) in [4.78, 5) is 6.47. The van der Waals surface area contributed by atoms with Gasteiger partial charge in [0.2, 0.25) is 0 Å². The highest BCUT2D eigenvalue weighted by atomic mass is 15.2. The Morgan fingerprint density at radius 1 is 0.481 bits per heavy atom. The fourth-order valence-corrected chi connectivity index (χ4v) is 9.93. The van der Waals surface area contributed by atoms with E-state index in [1.54, 1.807) is 0 Å². The Morgan fingerprint density at radius 3 is 1.94 bits per heavy atom. The normalized spacial score (nSPS) is 13.8. The van der Waals surface area contributed by atoms with Gasteiger partial charge in [0.1, 0.15) is 0 Å². The summed E-state index contributed by atoms with van der Waals surface area (Å²) in [5.41, 5.74) is 15.5. The number of nitrogens with one attached hydrogen (secondary N) is 1. The van der Waals surface area contributed by atoms with Crippen molar-refractivity contribution < 1.29 is 0 Å². The Bertz CT molecular complexity index is 3100. The first-order valence-electron chi connectivity index (χ1n) is 18.8. The van der Waals surface area contributed by atoms with E-state index >= 15 is 0 Å². The van der Waals surface area contributed by atoms with Crippen LogP contribution in [0, 0.1) is 0 Å². The number of hydrogen-bond donors (Lipinski definition) is 1. The Hall–Kier alpha value is -6.84. The molecule has 0 bridgehead atoms. The molecule has 249 valence electrons. The number of nitrogens with zero attached hydrogens (tertiary/aromatic N) is 1. The zero-order chi connectivity index (χ0) is 35.4. The van der Waals surface area contributed by atoms with Crippen LogP contribution < -0.4 is 15.8 Å². The molecular weight excluding hydrogens is 651 g/mol. The maximum absolute atomic E-state index is 3.91. The van der Waals surface area contributed by atoms with Crippen molar-refractivity contribution in [2.45, 2.75) is 5.41 Å². The topological polar surface area (TPSA) is 19.0 Å². The summed E-state index contributed by atoms with van der Waals surface area (Å²) in [6, 6.07) is 69.5. The lowest BCUT2D eigenvalue weighted by atomic mass is 9.54. The molecule has 1 radical (unpaired) electrons. The summed E-state index contributed by atoms with van der Waals surface area (Å²) < 4.78 is 0. The van der Waals surface area contributed by atoms with Gasteiger partial charge in [-0.25, -0.2) is 0 Å². The molecule has 0 saturated carbocycles. The number of rotatable bonds is 3. The molecule has 0 saturated heterocycles. The van der Waals surface area contributed by atoms with E-state index in [-0.39, 0.29) is 0 Å². The molecule has 2 aliphatic rings. The largest absolute Gasteiger partial charge is 0.354 e. The first-order chi connectivity index (χ1) is 26.8. The van der Waals surface area contributed by atoms with Crippen LogP contribution in [-0.2, 0) is 5.41 Å². The fourth-order valence-electron chi connectivity index (χ4n) is 9.93. The predicted molar refractivity (Wildman–Crippen MR) is 228 cm³/mol. The second-order valence-electron chi connectivity index (χ2n) is 14.7. The highest BCUT2D eigenvalue weighted by Crippen LogP contribution is 2.58. The van der Waals surface area contributed by atoms with Gasteiger partial charge >= 0.3 is 0 Å². The maximum atomic E-state index is 3.91. The second kappa shape index (κ2) is 11.1. The highest BCUT2D eigenvalue weighted by molar-refractivity contribution is 6.74. The molecule has 0 spiro atoms. The van der Waals surface area contributed by atoms with Gasteiger partial charge in [0, 0.05) is 33.2 Å². The molecule has 1 N–H and O–H groups in total. The zero-order valence-corrected chi connectivity index (χ0v) is 29.4. The average molecular weight is 684 g/mol. The first kappa shape index (κ1) is 29.7. The van der Waals surface area contributed by atoms with Gasteiger partial charge < -0.3 is 9.88 Å². The van der Waals surface area contributed by atoms with E-state index in [2.05, 4.69) is 205 Å². The molecule has 12 rings (SSSR count). The van der Waals surface area contributed by atoms with Crippen molar-refractivity contribution in [2.24, 2.45) is 0 Å². The van der Waals surface area contributed by atoms with Gasteiger partial charge in [-0.2, -0.15) is 0 Å². The van der Waals surface area contributed by atoms with Crippen molar-refractivity contribution in [3.8, 4) is 11.1 Å². The minimum Gasteiger partial charge on any atom is -0.354 e. The molecule has 2 aliphatic heterocycles. The van der Waals surface area contributed by atoms with E-state index < -0.39 is 5.41 Å². The van der Waals surface area contributed by atoms with Gasteiger partial charge in [-0.05, 0) is 73.0 Å². The van der Waals surface area contributed by atoms with Crippen molar-refractivity contribution in [3.05, 3.63) is 210 Å². The molecule has 0 unspecified atom stereocenters. The van der Waals surface area contributed by atoms with E-state index in [0.717, 1.165) is 5.52 Å². The Kier molecular flexibility index (Phi) is 6.10. The van der Waals surface area contributed by atoms with Crippen molar-refractivity contribution in [1.82, 2.24) is 4.98 Å². The standard InChI is InChI=1S/C51H32BN2/c1-3-17-34(18-4-1)51(35-19-5-2-6-20-35)40-25-11-12-28-44(40)54-45-31-33-16-8-10-22-37(33)47(48(45)52-42-27-14-26-41(51)50(42)54)39-24-13-23-38-46-36-21-9-7-15-32(36)29-30-43(46)53-49(38)39/h1-31,53H. The Labute approximate surface area is 314 Å². The number of anilines is 3. The van der Waals surface area contributed by atoms with Gasteiger partial charge in [0.25, 0.3) is 0 Å². The average Bonchev–Trinajstić information content (AvgIpc) is 3.63. The summed E-state index contributed by atoms with van der Waals surface area (Å²) in [6.07, 6.45) is 0. The van der Waals surface area contributed by atoms with E-state index in [4.69, 9.17) is 0 Å². The van der Waals surface area contributed by atoms with Crippen LogP contribution in [0.5, 0.6) is 0 Å². The third-order valence-electron chi connectivity index (χ3n) is 12.1. The van der Waals surface area contributed by atoms with Gasteiger partial charge in [-0.3, -0.25) is 0 Å². The highest BCUT2D eigenvalue weighted by Gasteiger charge is 2.48. The SMILES string of the molecule is [B]1c2cccc3c2N(c2ccccc2C3(c2ccccc2)c2ccccc2)c2cc3ccccc3c(-c3cccc4c3[nH]c3ccc5ccccc5c34)c21. The van der Waals surface area contributed by atoms with E-state index in [9.17, 15) is 0 Å². The predicted octanol–water partition coefficient (Wildman–Crippen LogP) is 11.4. The summed E-state index contributed by atoms with van der Waals surface area (Å²) in [5, 5.41) is 7.53. The van der Waals surface area contributed by atoms with Crippen LogP contribution in [0.15, 0.2) is 188 Å². The van der Waals surface area contributed by atoms with E-state index in [1.807, 2.05) is 0 Å². The Morgan fingerprint density at radius 2 is 1.13 bits per heavy atom. The monoisotopic (exact) mass is 683 g/mol.